The Labute approximate surface area is 162 Å². The van der Waals surface area contributed by atoms with E-state index in [-0.39, 0.29) is 23.7 Å². The maximum absolute atomic E-state index is 12.3. The number of nitrogens with zero attached hydrogens (tertiary/aromatic N) is 1. The molecule has 1 N–H and O–H groups in total. The number of esters is 1. The van der Waals surface area contributed by atoms with Gasteiger partial charge in [0.1, 0.15) is 6.54 Å². The molecule has 0 unspecified atom stereocenters. The third kappa shape index (κ3) is 4.13. The first-order chi connectivity index (χ1) is 12.9. The molecule has 1 aliphatic carbocycles. The Balaban J connectivity index is 1.51. The topological polar surface area (TPSA) is 92.8 Å². The summed E-state index contributed by atoms with van der Waals surface area (Å²) in [5.41, 5.74) is 1.23. The van der Waals surface area contributed by atoms with E-state index in [0.29, 0.717) is 29.1 Å². The van der Waals surface area contributed by atoms with Crippen LogP contribution in [0.1, 0.15) is 31.2 Å². The van der Waals surface area contributed by atoms with E-state index in [1.165, 1.54) is 0 Å². The quantitative estimate of drug-likeness (QED) is 0.613. The minimum atomic E-state index is -0.784. The van der Waals surface area contributed by atoms with E-state index in [1.54, 1.807) is 25.1 Å². The number of fused-ring (bicyclic) bond motifs is 1. The zero-order valence-corrected chi connectivity index (χ0v) is 15.8. The van der Waals surface area contributed by atoms with Crippen LogP contribution >= 0.6 is 11.6 Å². The van der Waals surface area contributed by atoms with Gasteiger partial charge in [0.05, 0.1) is 11.8 Å². The molecule has 0 bridgehead atoms. The first-order valence-electron chi connectivity index (χ1n) is 8.94. The molecule has 1 aliphatic heterocycles. The maximum Gasteiger partial charge on any atom is 0.326 e. The third-order valence-corrected chi connectivity index (χ3v) is 5.54. The van der Waals surface area contributed by atoms with Gasteiger partial charge in [0.15, 0.2) is 6.61 Å². The lowest BCUT2D eigenvalue weighted by Gasteiger charge is -2.19. The van der Waals surface area contributed by atoms with Crippen molar-refractivity contribution in [2.24, 2.45) is 11.8 Å². The molecule has 1 saturated carbocycles. The second kappa shape index (κ2) is 8.08. The molecule has 1 aromatic rings. The van der Waals surface area contributed by atoms with Crippen molar-refractivity contribution in [3.05, 3.63) is 28.8 Å². The van der Waals surface area contributed by atoms with Gasteiger partial charge in [-0.05, 0) is 37.5 Å². The molecule has 0 spiro atoms. The van der Waals surface area contributed by atoms with Gasteiger partial charge in [0, 0.05) is 10.7 Å². The van der Waals surface area contributed by atoms with E-state index >= 15 is 0 Å². The van der Waals surface area contributed by atoms with Crippen molar-refractivity contribution >= 4 is 41.0 Å². The van der Waals surface area contributed by atoms with Crippen molar-refractivity contribution in [2.75, 3.05) is 18.5 Å². The summed E-state index contributed by atoms with van der Waals surface area (Å²) in [6.07, 6.45) is 3.20. The largest absolute Gasteiger partial charge is 0.454 e. The summed E-state index contributed by atoms with van der Waals surface area (Å²) in [6, 6.07) is 5.08. The number of benzene rings is 1. The molecule has 1 saturated heterocycles. The zero-order valence-electron chi connectivity index (χ0n) is 15.0. The average molecular weight is 393 g/mol. The maximum atomic E-state index is 12.3. The van der Waals surface area contributed by atoms with Crippen LogP contribution in [-0.4, -0.2) is 41.7 Å². The Kier molecular flexibility index (Phi) is 5.79. The molecule has 27 heavy (non-hydrogen) atoms. The monoisotopic (exact) mass is 392 g/mol. The minimum absolute atomic E-state index is 0.305. The van der Waals surface area contributed by atoms with Crippen molar-refractivity contribution < 1.29 is 23.9 Å². The first kappa shape index (κ1) is 19.4. The number of rotatable bonds is 5. The minimum Gasteiger partial charge on any atom is -0.454 e. The fourth-order valence-corrected chi connectivity index (χ4v) is 3.81. The summed E-state index contributed by atoms with van der Waals surface area (Å²) < 4.78 is 4.93. The lowest BCUT2D eigenvalue weighted by atomic mass is 9.81. The molecule has 0 aromatic heterocycles. The van der Waals surface area contributed by atoms with Crippen LogP contribution < -0.4 is 5.32 Å². The molecular weight excluding hydrogens is 372 g/mol. The van der Waals surface area contributed by atoms with Crippen LogP contribution in [0, 0.1) is 18.8 Å². The standard InChI is InChI=1S/C19H21ClN2O5/c1-11-14(20)7-4-8-15(11)21-16(23)10-27-17(24)9-22-18(25)12-5-2-3-6-13(12)19(22)26/h4,7-8,12-13H,2-3,5-6,9-10H2,1H3,(H,21,23)/t12-,13-/m1/s1. The Bertz CT molecular complexity index is 770. The number of likely N-dealkylation sites (tertiary alicyclic amines) is 1. The Hall–Kier alpha value is -2.41. The SMILES string of the molecule is Cc1c(Cl)cccc1NC(=O)COC(=O)CN1C(=O)[C@@H]2CCCC[C@H]2C1=O. The number of anilines is 1. The van der Waals surface area contributed by atoms with Crippen molar-refractivity contribution in [1.29, 1.82) is 0 Å². The van der Waals surface area contributed by atoms with Crippen LogP contribution in [0.2, 0.25) is 5.02 Å². The summed E-state index contributed by atoms with van der Waals surface area (Å²) in [7, 11) is 0. The molecule has 144 valence electrons. The van der Waals surface area contributed by atoms with E-state index in [4.69, 9.17) is 16.3 Å². The first-order valence-corrected chi connectivity index (χ1v) is 9.32. The smallest absolute Gasteiger partial charge is 0.326 e. The van der Waals surface area contributed by atoms with Gasteiger partial charge in [-0.1, -0.05) is 30.5 Å². The lowest BCUT2D eigenvalue weighted by Crippen LogP contribution is -2.37. The molecule has 2 atom stereocenters. The van der Waals surface area contributed by atoms with Gasteiger partial charge in [-0.15, -0.1) is 0 Å². The molecule has 1 heterocycles. The van der Waals surface area contributed by atoms with Crippen LogP contribution in [0.3, 0.4) is 0 Å². The predicted molar refractivity (Wildman–Crippen MR) is 97.9 cm³/mol. The second-order valence-electron chi connectivity index (χ2n) is 6.88. The molecule has 3 rings (SSSR count). The van der Waals surface area contributed by atoms with Gasteiger partial charge in [0.25, 0.3) is 5.91 Å². The van der Waals surface area contributed by atoms with Crippen LogP contribution in [0.15, 0.2) is 18.2 Å². The van der Waals surface area contributed by atoms with Gasteiger partial charge >= 0.3 is 5.97 Å². The summed E-state index contributed by atoms with van der Waals surface area (Å²) in [5.74, 6) is -2.54. The Morgan fingerprint density at radius 3 is 2.44 bits per heavy atom. The number of hydrogen-bond acceptors (Lipinski definition) is 5. The summed E-state index contributed by atoms with van der Waals surface area (Å²) in [4.78, 5) is 49.6. The number of carbonyl (C=O) groups is 4. The Morgan fingerprint density at radius 1 is 1.19 bits per heavy atom. The summed E-state index contributed by atoms with van der Waals surface area (Å²) in [5, 5.41) is 3.12. The van der Waals surface area contributed by atoms with Gasteiger partial charge in [0.2, 0.25) is 11.8 Å². The predicted octanol–water partition coefficient (Wildman–Crippen LogP) is 2.31. The van der Waals surface area contributed by atoms with E-state index in [2.05, 4.69) is 5.32 Å². The highest BCUT2D eigenvalue weighted by Crippen LogP contribution is 2.37. The molecule has 0 radical (unpaired) electrons. The van der Waals surface area contributed by atoms with Crippen LogP contribution in [0.25, 0.3) is 0 Å². The number of nitrogens with one attached hydrogen (secondary N) is 1. The zero-order chi connectivity index (χ0) is 19.6. The van der Waals surface area contributed by atoms with Crippen molar-refractivity contribution in [3.8, 4) is 0 Å². The molecule has 7 nitrogen and oxygen atoms in total. The fraction of sp³-hybridized carbons (Fsp3) is 0.474. The van der Waals surface area contributed by atoms with E-state index in [9.17, 15) is 19.2 Å². The number of hydrogen-bond donors (Lipinski definition) is 1. The number of carbonyl (C=O) groups excluding carboxylic acids is 4. The summed E-state index contributed by atoms with van der Waals surface area (Å²) in [6.45, 7) is 0.802. The number of amides is 3. The van der Waals surface area contributed by atoms with Crippen LogP contribution in [-0.2, 0) is 23.9 Å². The van der Waals surface area contributed by atoms with Crippen molar-refractivity contribution in [2.45, 2.75) is 32.6 Å². The number of halogens is 1. The molecule has 8 heteroatoms. The lowest BCUT2D eigenvalue weighted by molar-refractivity contribution is -0.154. The van der Waals surface area contributed by atoms with Gasteiger partial charge in [-0.3, -0.25) is 24.1 Å². The fourth-order valence-electron chi connectivity index (χ4n) is 3.64. The molecule has 3 amide bonds. The average Bonchev–Trinajstić information content (AvgIpc) is 2.89. The van der Waals surface area contributed by atoms with E-state index < -0.39 is 25.0 Å². The van der Waals surface area contributed by atoms with Gasteiger partial charge in [-0.2, -0.15) is 0 Å². The number of imide groups is 1. The van der Waals surface area contributed by atoms with E-state index in [0.717, 1.165) is 17.7 Å². The van der Waals surface area contributed by atoms with Crippen LogP contribution in [0.4, 0.5) is 5.69 Å². The normalized spacial score (nSPS) is 21.8. The summed E-state index contributed by atoms with van der Waals surface area (Å²) >= 11 is 5.99. The third-order valence-electron chi connectivity index (χ3n) is 5.13. The molecule has 2 fully saturated rings. The molecular formula is C19H21ClN2O5. The van der Waals surface area contributed by atoms with E-state index in [1.807, 2.05) is 0 Å². The highest BCUT2D eigenvalue weighted by atomic mass is 35.5. The Morgan fingerprint density at radius 2 is 1.81 bits per heavy atom. The van der Waals surface area contributed by atoms with Gasteiger partial charge < -0.3 is 10.1 Å². The van der Waals surface area contributed by atoms with Crippen molar-refractivity contribution in [3.63, 3.8) is 0 Å². The molecule has 1 aromatic carbocycles. The second-order valence-corrected chi connectivity index (χ2v) is 7.29. The highest BCUT2D eigenvalue weighted by molar-refractivity contribution is 6.31. The van der Waals surface area contributed by atoms with Crippen molar-refractivity contribution in [1.82, 2.24) is 4.90 Å². The highest BCUT2D eigenvalue weighted by Gasteiger charge is 2.48. The van der Waals surface area contributed by atoms with Gasteiger partial charge in [-0.25, -0.2) is 0 Å². The number of ether oxygens (including phenoxy) is 1. The van der Waals surface area contributed by atoms with Crippen LogP contribution in [0.5, 0.6) is 0 Å². The molecule has 2 aliphatic rings.